The molecule has 6 nitrogen and oxygen atoms in total. The number of nitrogens with one attached hydrogen (secondary N) is 3. The van der Waals surface area contributed by atoms with Crippen LogP contribution in [0.15, 0.2) is 48.5 Å². The van der Waals surface area contributed by atoms with Crippen LogP contribution < -0.4 is 20.9 Å². The number of likely N-dealkylation sites (tertiary alicyclic amines) is 1. The maximum Gasteiger partial charge on any atom is 0.235 e. The summed E-state index contributed by atoms with van der Waals surface area (Å²) in [6.45, 7) is 5.80. The van der Waals surface area contributed by atoms with Crippen molar-refractivity contribution in [2.45, 2.75) is 94.9 Å². The molecule has 212 valence electrons. The van der Waals surface area contributed by atoms with E-state index < -0.39 is 0 Å². The van der Waals surface area contributed by atoms with E-state index in [1.165, 1.54) is 43.2 Å². The molecule has 2 aliphatic carbocycles. The molecule has 0 aromatic heterocycles. The molecular formula is C34H44N4O2. The highest BCUT2D eigenvalue weighted by atomic mass is 16.5. The zero-order valence-electron chi connectivity index (χ0n) is 24.2. The fraction of sp³-hybridized carbons (Fsp3) is 0.559. The Hall–Kier alpha value is -2.67. The Kier molecular flexibility index (Phi) is 6.76. The van der Waals surface area contributed by atoms with Crippen molar-refractivity contribution in [2.24, 2.45) is 17.8 Å². The summed E-state index contributed by atoms with van der Waals surface area (Å²) in [5.74, 6) is 2.60. The van der Waals surface area contributed by atoms with Gasteiger partial charge in [-0.2, -0.15) is 0 Å². The summed E-state index contributed by atoms with van der Waals surface area (Å²) in [7, 11) is 1.69. The fourth-order valence-corrected chi connectivity index (χ4v) is 8.55. The average molecular weight is 541 g/mol. The Bertz CT molecular complexity index is 1280. The van der Waals surface area contributed by atoms with Gasteiger partial charge in [0.25, 0.3) is 0 Å². The number of methoxy groups -OCH3 is 1. The SMILES string of the molecule is COc1ccc2c(c1)[C@]1(C[C@H]1C1CCC3C(/C=C/c4ccc(CN5[C@H](C)CCC[C@@H]5C)cc4)NNC3C1)C(=O)N2. The molecule has 6 heteroatoms. The van der Waals surface area contributed by atoms with Crippen LogP contribution in [-0.4, -0.2) is 42.1 Å². The Morgan fingerprint density at radius 1 is 1.02 bits per heavy atom. The second kappa shape index (κ2) is 10.3. The number of hydrogen-bond acceptors (Lipinski definition) is 5. The first-order valence-corrected chi connectivity index (χ1v) is 15.5. The Morgan fingerprint density at radius 3 is 2.60 bits per heavy atom. The van der Waals surface area contributed by atoms with Gasteiger partial charge in [0, 0.05) is 36.4 Å². The summed E-state index contributed by atoms with van der Waals surface area (Å²) in [6, 6.07) is 17.3. The number of rotatable bonds is 6. The van der Waals surface area contributed by atoms with Crippen LogP contribution in [0.3, 0.4) is 0 Å². The number of ether oxygens (including phenoxy) is 1. The second-order valence-corrected chi connectivity index (χ2v) is 13.2. The van der Waals surface area contributed by atoms with Crippen LogP contribution in [0, 0.1) is 17.8 Å². The number of nitrogens with zero attached hydrogens (tertiary/aromatic N) is 1. The molecule has 3 heterocycles. The van der Waals surface area contributed by atoms with Crippen molar-refractivity contribution in [3.05, 3.63) is 65.2 Å². The molecule has 2 saturated heterocycles. The largest absolute Gasteiger partial charge is 0.497 e. The van der Waals surface area contributed by atoms with Crippen LogP contribution in [0.2, 0.25) is 0 Å². The van der Waals surface area contributed by atoms with Crippen LogP contribution in [-0.2, 0) is 16.8 Å². The predicted octanol–water partition coefficient (Wildman–Crippen LogP) is 5.64. The van der Waals surface area contributed by atoms with Gasteiger partial charge in [-0.25, -0.2) is 0 Å². The molecule has 0 radical (unpaired) electrons. The molecule has 0 bridgehead atoms. The van der Waals surface area contributed by atoms with E-state index in [0.717, 1.165) is 36.4 Å². The molecule has 5 aliphatic rings. The summed E-state index contributed by atoms with van der Waals surface area (Å²) in [5, 5.41) is 3.15. The first kappa shape index (κ1) is 26.2. The van der Waals surface area contributed by atoms with Crippen LogP contribution in [0.5, 0.6) is 5.75 Å². The first-order valence-electron chi connectivity index (χ1n) is 15.5. The monoisotopic (exact) mass is 540 g/mol. The van der Waals surface area contributed by atoms with E-state index >= 15 is 0 Å². The third-order valence-corrected chi connectivity index (χ3v) is 11.0. The van der Waals surface area contributed by atoms with Gasteiger partial charge in [0.2, 0.25) is 5.91 Å². The number of benzene rings is 2. The minimum Gasteiger partial charge on any atom is -0.497 e. The van der Waals surface area contributed by atoms with Crippen molar-refractivity contribution in [1.82, 2.24) is 15.8 Å². The van der Waals surface area contributed by atoms with Crippen molar-refractivity contribution < 1.29 is 9.53 Å². The molecule has 2 saturated carbocycles. The van der Waals surface area contributed by atoms with Gasteiger partial charge in [0.15, 0.2) is 0 Å². The molecule has 4 fully saturated rings. The van der Waals surface area contributed by atoms with Crippen LogP contribution in [0.25, 0.3) is 6.08 Å². The maximum atomic E-state index is 13.1. The minimum atomic E-state index is -0.344. The number of hydrogen-bond donors (Lipinski definition) is 3. The summed E-state index contributed by atoms with van der Waals surface area (Å²) in [4.78, 5) is 15.8. The van der Waals surface area contributed by atoms with E-state index in [1.807, 2.05) is 12.1 Å². The topological polar surface area (TPSA) is 65.6 Å². The van der Waals surface area contributed by atoms with Gasteiger partial charge < -0.3 is 10.1 Å². The standard InChI is InChI=1S/C34H44N4O2/c1-21-5-4-6-22(2)38(21)20-24-9-7-23(8-10-24)11-15-30-27-14-12-25(17-32(27)37-36-30)29-19-34(29)28-18-26(40-3)13-16-31(28)35-33(34)39/h7-11,13,15-16,18,21-22,25,27,29-30,32,36-37H,4-6,12,14,17,19-20H2,1-3H3,(H,35,39)/b15-11+/t21-,22+,25?,27?,29-,30?,32?,34-/m0/s1. The number of carbonyl (C=O) groups excluding carboxylic acids is 1. The molecule has 40 heavy (non-hydrogen) atoms. The van der Waals surface area contributed by atoms with Crippen molar-refractivity contribution in [3.63, 3.8) is 0 Å². The number of amides is 1. The van der Waals surface area contributed by atoms with Crippen molar-refractivity contribution in [1.29, 1.82) is 0 Å². The van der Waals surface area contributed by atoms with Gasteiger partial charge in [-0.3, -0.25) is 20.5 Å². The molecule has 1 amide bonds. The average Bonchev–Trinajstić information content (AvgIpc) is 3.51. The van der Waals surface area contributed by atoms with Crippen LogP contribution in [0.4, 0.5) is 5.69 Å². The molecule has 1 spiro atoms. The van der Waals surface area contributed by atoms with Gasteiger partial charge in [0.05, 0.1) is 12.5 Å². The quantitative estimate of drug-likeness (QED) is 0.442. The van der Waals surface area contributed by atoms with E-state index in [1.54, 1.807) is 7.11 Å². The smallest absolute Gasteiger partial charge is 0.235 e. The van der Waals surface area contributed by atoms with Crippen molar-refractivity contribution >= 4 is 17.7 Å². The van der Waals surface area contributed by atoms with E-state index in [-0.39, 0.29) is 11.3 Å². The highest BCUT2D eigenvalue weighted by Crippen LogP contribution is 2.65. The molecule has 2 aromatic carbocycles. The second-order valence-electron chi connectivity index (χ2n) is 13.2. The number of hydrazine groups is 1. The molecule has 7 rings (SSSR count). The molecule has 2 aromatic rings. The van der Waals surface area contributed by atoms with Gasteiger partial charge >= 0.3 is 0 Å². The van der Waals surface area contributed by atoms with E-state index in [0.29, 0.717) is 41.9 Å². The number of piperidine rings is 1. The number of carbonyl (C=O) groups is 1. The zero-order valence-corrected chi connectivity index (χ0v) is 24.2. The lowest BCUT2D eigenvalue weighted by Gasteiger charge is -2.39. The van der Waals surface area contributed by atoms with Gasteiger partial charge in [-0.1, -0.05) is 42.8 Å². The first-order chi connectivity index (χ1) is 19.5. The summed E-state index contributed by atoms with van der Waals surface area (Å²) in [5.41, 5.74) is 11.7. The highest BCUT2D eigenvalue weighted by Gasteiger charge is 2.67. The number of anilines is 1. The van der Waals surface area contributed by atoms with E-state index in [2.05, 4.69) is 77.4 Å². The maximum absolute atomic E-state index is 13.1. The Balaban J connectivity index is 0.962. The molecular weight excluding hydrogens is 496 g/mol. The lowest BCUT2D eigenvalue weighted by atomic mass is 9.73. The lowest BCUT2D eigenvalue weighted by molar-refractivity contribution is -0.118. The van der Waals surface area contributed by atoms with Crippen molar-refractivity contribution in [2.75, 3.05) is 12.4 Å². The van der Waals surface area contributed by atoms with Gasteiger partial charge in [-0.05, 0) is 105 Å². The van der Waals surface area contributed by atoms with Crippen LogP contribution >= 0.6 is 0 Å². The third-order valence-electron chi connectivity index (χ3n) is 11.0. The van der Waals surface area contributed by atoms with E-state index in [4.69, 9.17) is 4.74 Å². The summed E-state index contributed by atoms with van der Waals surface area (Å²) in [6.07, 6.45) is 13.1. The highest BCUT2D eigenvalue weighted by molar-refractivity contribution is 6.09. The molecule has 4 unspecified atom stereocenters. The Labute approximate surface area is 238 Å². The fourth-order valence-electron chi connectivity index (χ4n) is 8.55. The molecule has 3 aliphatic heterocycles. The summed E-state index contributed by atoms with van der Waals surface area (Å²) >= 11 is 0. The van der Waals surface area contributed by atoms with Crippen LogP contribution in [0.1, 0.15) is 75.5 Å². The third kappa shape index (κ3) is 4.49. The predicted molar refractivity (Wildman–Crippen MR) is 160 cm³/mol. The zero-order chi connectivity index (χ0) is 27.4. The number of fused-ring (bicyclic) bond motifs is 3. The summed E-state index contributed by atoms with van der Waals surface area (Å²) < 4.78 is 5.48. The Morgan fingerprint density at radius 2 is 1.82 bits per heavy atom. The van der Waals surface area contributed by atoms with Crippen molar-refractivity contribution in [3.8, 4) is 5.75 Å². The van der Waals surface area contributed by atoms with Gasteiger partial charge in [-0.15, -0.1) is 0 Å². The lowest BCUT2D eigenvalue weighted by Crippen LogP contribution is -2.42. The van der Waals surface area contributed by atoms with Gasteiger partial charge in [0.1, 0.15) is 5.75 Å². The minimum absolute atomic E-state index is 0.187. The normalized spacial score (nSPS) is 37.0. The molecule has 8 atom stereocenters. The van der Waals surface area contributed by atoms with E-state index in [9.17, 15) is 4.79 Å². The molecule has 3 N–H and O–H groups in total.